The van der Waals surface area contributed by atoms with Gasteiger partial charge in [-0.05, 0) is 51.0 Å². The minimum absolute atomic E-state index is 0.000178. The van der Waals surface area contributed by atoms with Crippen molar-refractivity contribution in [1.82, 2.24) is 0 Å². The molecule has 2 rings (SSSR count). The number of esters is 1. The number of hydrogen-bond donors (Lipinski definition) is 0. The number of ether oxygens (including phenoxy) is 1. The second kappa shape index (κ2) is 6.03. The van der Waals surface area contributed by atoms with E-state index in [1.807, 2.05) is 6.92 Å². The lowest BCUT2D eigenvalue weighted by atomic mass is 9.78. The highest BCUT2D eigenvalue weighted by atomic mass is 16.5. The van der Waals surface area contributed by atoms with Crippen molar-refractivity contribution in [3.05, 3.63) is 35.4 Å². The summed E-state index contributed by atoms with van der Waals surface area (Å²) in [6, 6.07) is 8.74. The van der Waals surface area contributed by atoms with Crippen LogP contribution in [0, 0.1) is 12.8 Å². The molecule has 2 nitrogen and oxygen atoms in total. The van der Waals surface area contributed by atoms with Crippen molar-refractivity contribution >= 4 is 5.97 Å². The highest BCUT2D eigenvalue weighted by Crippen LogP contribution is 2.36. The largest absolute Gasteiger partial charge is 0.466 e. The summed E-state index contributed by atoms with van der Waals surface area (Å²) in [7, 11) is 0. The van der Waals surface area contributed by atoms with Gasteiger partial charge in [0.2, 0.25) is 0 Å². The molecule has 0 spiro atoms. The maximum Gasteiger partial charge on any atom is 0.308 e. The molecule has 0 atom stereocenters. The van der Waals surface area contributed by atoms with Crippen molar-refractivity contribution in [1.29, 1.82) is 0 Å². The number of carbonyl (C=O) groups excluding carboxylic acids is 1. The fraction of sp³-hybridized carbons (Fsp3) is 0.562. The van der Waals surface area contributed by atoms with Gasteiger partial charge < -0.3 is 4.74 Å². The molecular weight excluding hydrogens is 224 g/mol. The van der Waals surface area contributed by atoms with Gasteiger partial charge in [0.1, 0.15) is 0 Å². The SMILES string of the molecule is CCOC(=O)C1CCC(c2cccc(C)c2)CC1. The zero-order valence-corrected chi connectivity index (χ0v) is 11.3. The highest BCUT2D eigenvalue weighted by molar-refractivity contribution is 5.72. The van der Waals surface area contributed by atoms with E-state index in [-0.39, 0.29) is 11.9 Å². The molecular formula is C16H22O2. The van der Waals surface area contributed by atoms with Gasteiger partial charge in [0.15, 0.2) is 0 Å². The molecule has 0 unspecified atom stereocenters. The highest BCUT2D eigenvalue weighted by Gasteiger charge is 2.27. The van der Waals surface area contributed by atoms with Crippen molar-refractivity contribution in [2.75, 3.05) is 6.61 Å². The van der Waals surface area contributed by atoms with Gasteiger partial charge in [-0.3, -0.25) is 4.79 Å². The molecule has 1 aliphatic carbocycles. The van der Waals surface area contributed by atoms with E-state index >= 15 is 0 Å². The number of rotatable bonds is 3. The van der Waals surface area contributed by atoms with Crippen molar-refractivity contribution in [3.8, 4) is 0 Å². The summed E-state index contributed by atoms with van der Waals surface area (Å²) in [5.74, 6) is 0.752. The van der Waals surface area contributed by atoms with Crippen LogP contribution in [0.25, 0.3) is 0 Å². The Balaban J connectivity index is 1.92. The van der Waals surface area contributed by atoms with Crippen LogP contribution in [0.15, 0.2) is 24.3 Å². The minimum Gasteiger partial charge on any atom is -0.466 e. The molecule has 1 aromatic carbocycles. The first-order chi connectivity index (χ1) is 8.70. The Morgan fingerprint density at radius 1 is 1.28 bits per heavy atom. The fourth-order valence-corrected chi connectivity index (χ4v) is 2.85. The third-order valence-corrected chi connectivity index (χ3v) is 3.86. The summed E-state index contributed by atoms with van der Waals surface area (Å²) in [5.41, 5.74) is 2.75. The number of aryl methyl sites for hydroxylation is 1. The van der Waals surface area contributed by atoms with E-state index in [0.29, 0.717) is 12.5 Å². The maximum absolute atomic E-state index is 11.7. The predicted octanol–water partition coefficient (Wildman–Crippen LogP) is 3.83. The van der Waals surface area contributed by atoms with E-state index < -0.39 is 0 Å². The molecule has 1 aliphatic rings. The first kappa shape index (κ1) is 13.1. The zero-order valence-electron chi connectivity index (χ0n) is 11.3. The molecule has 18 heavy (non-hydrogen) atoms. The van der Waals surface area contributed by atoms with Crippen LogP contribution < -0.4 is 0 Å². The van der Waals surface area contributed by atoms with Crippen molar-refractivity contribution in [2.24, 2.45) is 5.92 Å². The first-order valence-electron chi connectivity index (χ1n) is 6.94. The van der Waals surface area contributed by atoms with Crippen LogP contribution in [0.2, 0.25) is 0 Å². The smallest absolute Gasteiger partial charge is 0.308 e. The number of carbonyl (C=O) groups is 1. The zero-order chi connectivity index (χ0) is 13.0. The van der Waals surface area contributed by atoms with Gasteiger partial charge in [0.05, 0.1) is 12.5 Å². The Hall–Kier alpha value is -1.31. The molecule has 0 amide bonds. The van der Waals surface area contributed by atoms with Crippen molar-refractivity contribution in [3.63, 3.8) is 0 Å². The Kier molecular flexibility index (Phi) is 4.40. The van der Waals surface area contributed by atoms with Gasteiger partial charge in [-0.15, -0.1) is 0 Å². The topological polar surface area (TPSA) is 26.3 Å². The standard InChI is InChI=1S/C16H22O2/c1-3-18-16(17)14-9-7-13(8-10-14)15-6-4-5-12(2)11-15/h4-6,11,13-14H,3,7-10H2,1-2H3. The molecule has 0 heterocycles. The molecule has 1 aromatic rings. The molecule has 0 radical (unpaired) electrons. The van der Waals surface area contributed by atoms with Gasteiger partial charge in [-0.1, -0.05) is 29.8 Å². The second-order valence-corrected chi connectivity index (χ2v) is 5.21. The monoisotopic (exact) mass is 246 g/mol. The van der Waals surface area contributed by atoms with Crippen molar-refractivity contribution < 1.29 is 9.53 Å². The lowest BCUT2D eigenvalue weighted by Crippen LogP contribution is -2.23. The molecule has 0 aromatic heterocycles. The van der Waals surface area contributed by atoms with Crippen LogP contribution in [0.5, 0.6) is 0 Å². The molecule has 0 aliphatic heterocycles. The van der Waals surface area contributed by atoms with E-state index in [1.54, 1.807) is 0 Å². The van der Waals surface area contributed by atoms with Gasteiger partial charge >= 0.3 is 5.97 Å². The molecule has 0 N–H and O–H groups in total. The quantitative estimate of drug-likeness (QED) is 0.758. The summed E-state index contributed by atoms with van der Waals surface area (Å²) in [5, 5.41) is 0. The van der Waals surface area contributed by atoms with E-state index in [1.165, 1.54) is 11.1 Å². The molecule has 98 valence electrons. The van der Waals surface area contributed by atoms with Crippen LogP contribution in [0.4, 0.5) is 0 Å². The lowest BCUT2D eigenvalue weighted by Gasteiger charge is -2.27. The first-order valence-corrected chi connectivity index (χ1v) is 6.94. The summed E-state index contributed by atoms with van der Waals surface area (Å²) in [4.78, 5) is 11.7. The molecule has 1 saturated carbocycles. The third-order valence-electron chi connectivity index (χ3n) is 3.86. The Labute approximate surface area is 109 Å². The van der Waals surface area contributed by atoms with Crippen LogP contribution in [0.1, 0.15) is 49.7 Å². The molecule has 1 fully saturated rings. The minimum atomic E-state index is 0.000178. The summed E-state index contributed by atoms with van der Waals surface area (Å²) < 4.78 is 5.10. The fourth-order valence-electron chi connectivity index (χ4n) is 2.85. The van der Waals surface area contributed by atoms with E-state index in [2.05, 4.69) is 31.2 Å². The van der Waals surface area contributed by atoms with Crippen LogP contribution in [-0.4, -0.2) is 12.6 Å². The Morgan fingerprint density at radius 3 is 2.61 bits per heavy atom. The van der Waals surface area contributed by atoms with Crippen LogP contribution >= 0.6 is 0 Å². The normalized spacial score (nSPS) is 23.7. The van der Waals surface area contributed by atoms with Crippen LogP contribution in [-0.2, 0) is 9.53 Å². The van der Waals surface area contributed by atoms with Gasteiger partial charge in [0, 0.05) is 0 Å². The third kappa shape index (κ3) is 3.12. The molecule has 2 heteroatoms. The number of benzene rings is 1. The van der Waals surface area contributed by atoms with Gasteiger partial charge in [0.25, 0.3) is 0 Å². The van der Waals surface area contributed by atoms with E-state index in [0.717, 1.165) is 25.7 Å². The average Bonchev–Trinajstić information content (AvgIpc) is 2.39. The van der Waals surface area contributed by atoms with E-state index in [9.17, 15) is 4.79 Å². The Morgan fingerprint density at radius 2 is 2.00 bits per heavy atom. The predicted molar refractivity (Wildman–Crippen MR) is 72.5 cm³/mol. The lowest BCUT2D eigenvalue weighted by molar-refractivity contribution is -0.149. The van der Waals surface area contributed by atoms with E-state index in [4.69, 9.17) is 4.74 Å². The summed E-state index contributed by atoms with van der Waals surface area (Å²) >= 11 is 0. The molecule has 0 bridgehead atoms. The summed E-state index contributed by atoms with van der Waals surface area (Å²) in [6.07, 6.45) is 4.15. The Bertz CT molecular complexity index is 403. The second-order valence-electron chi connectivity index (χ2n) is 5.21. The number of hydrogen-bond acceptors (Lipinski definition) is 2. The van der Waals surface area contributed by atoms with Gasteiger partial charge in [-0.25, -0.2) is 0 Å². The van der Waals surface area contributed by atoms with Crippen LogP contribution in [0.3, 0.4) is 0 Å². The van der Waals surface area contributed by atoms with Gasteiger partial charge in [-0.2, -0.15) is 0 Å². The summed E-state index contributed by atoms with van der Waals surface area (Å²) in [6.45, 7) is 4.50. The average molecular weight is 246 g/mol. The van der Waals surface area contributed by atoms with Crippen molar-refractivity contribution in [2.45, 2.75) is 45.4 Å². The maximum atomic E-state index is 11.7. The molecule has 0 saturated heterocycles.